The zero-order valence-electron chi connectivity index (χ0n) is 15.6. The van der Waals surface area contributed by atoms with Crippen LogP contribution in [0.4, 0.5) is 11.4 Å². The molecule has 1 saturated carbocycles. The molecule has 27 heavy (non-hydrogen) atoms. The second kappa shape index (κ2) is 7.23. The number of anilines is 2. The molecule has 0 aliphatic heterocycles. The third kappa shape index (κ3) is 4.00. The van der Waals surface area contributed by atoms with Gasteiger partial charge in [0.1, 0.15) is 5.41 Å². The lowest BCUT2D eigenvalue weighted by Gasteiger charge is -2.16. The molecule has 2 aromatic carbocycles. The highest BCUT2D eigenvalue weighted by Gasteiger charge is 2.56. The number of esters is 1. The van der Waals surface area contributed by atoms with Crippen LogP contribution in [0.3, 0.4) is 0 Å². The Morgan fingerprint density at radius 2 is 1.48 bits per heavy atom. The van der Waals surface area contributed by atoms with E-state index < -0.39 is 11.4 Å². The summed E-state index contributed by atoms with van der Waals surface area (Å²) in [6, 6.07) is 12.2. The monoisotopic (exact) mass is 366 g/mol. The number of benzene rings is 2. The Morgan fingerprint density at radius 3 is 2.04 bits per heavy atom. The van der Waals surface area contributed by atoms with Gasteiger partial charge < -0.3 is 15.4 Å². The topological polar surface area (TPSA) is 84.5 Å². The van der Waals surface area contributed by atoms with Gasteiger partial charge in [-0.25, -0.2) is 4.79 Å². The van der Waals surface area contributed by atoms with Crippen LogP contribution in [0.5, 0.6) is 0 Å². The minimum atomic E-state index is -1.07. The zero-order valence-corrected chi connectivity index (χ0v) is 15.6. The van der Waals surface area contributed by atoms with E-state index in [-0.39, 0.29) is 11.8 Å². The van der Waals surface area contributed by atoms with E-state index in [4.69, 9.17) is 0 Å². The van der Waals surface area contributed by atoms with Gasteiger partial charge in [0.25, 0.3) is 0 Å². The van der Waals surface area contributed by atoms with Crippen molar-refractivity contribution < 1.29 is 19.1 Å². The van der Waals surface area contributed by atoms with Gasteiger partial charge in [0, 0.05) is 11.4 Å². The first-order chi connectivity index (χ1) is 12.8. The smallest absolute Gasteiger partial charge is 0.337 e. The second-order valence-electron chi connectivity index (χ2n) is 6.94. The molecule has 0 heterocycles. The van der Waals surface area contributed by atoms with E-state index in [0.29, 0.717) is 29.8 Å². The van der Waals surface area contributed by atoms with Crippen molar-refractivity contribution in [1.82, 2.24) is 0 Å². The number of hydrogen-bond donors (Lipinski definition) is 2. The minimum absolute atomic E-state index is 0.311. The van der Waals surface area contributed by atoms with Crippen molar-refractivity contribution in [2.75, 3.05) is 17.7 Å². The standard InChI is InChI=1S/C21H22N2O4/c1-13-9-14(2)11-17(10-13)23-20(26)21(7-8-21)19(25)22-16-6-4-5-15(12-16)18(24)27-3/h4-6,9-12H,7-8H2,1-3H3,(H,22,25)(H,23,26). The first kappa shape index (κ1) is 18.6. The number of nitrogens with one attached hydrogen (secondary N) is 2. The number of carbonyl (C=O) groups is 3. The second-order valence-corrected chi connectivity index (χ2v) is 6.94. The normalized spacial score (nSPS) is 14.2. The third-order valence-corrected chi connectivity index (χ3v) is 4.64. The summed E-state index contributed by atoms with van der Waals surface area (Å²) in [5, 5.41) is 5.60. The van der Waals surface area contributed by atoms with Gasteiger partial charge in [-0.3, -0.25) is 9.59 Å². The fourth-order valence-corrected chi connectivity index (χ4v) is 3.07. The maximum Gasteiger partial charge on any atom is 0.337 e. The lowest BCUT2D eigenvalue weighted by Crippen LogP contribution is -2.35. The largest absolute Gasteiger partial charge is 0.465 e. The van der Waals surface area contributed by atoms with Crippen molar-refractivity contribution in [1.29, 1.82) is 0 Å². The average Bonchev–Trinajstić information content (AvgIpc) is 3.42. The Hall–Kier alpha value is -3.15. The van der Waals surface area contributed by atoms with Crippen LogP contribution in [-0.2, 0) is 14.3 Å². The SMILES string of the molecule is COC(=O)c1cccc(NC(=O)C2(C(=O)Nc3cc(C)cc(C)c3)CC2)c1. The average molecular weight is 366 g/mol. The van der Waals surface area contributed by atoms with Crippen LogP contribution in [0.15, 0.2) is 42.5 Å². The quantitative estimate of drug-likeness (QED) is 0.627. The molecule has 2 amide bonds. The predicted octanol–water partition coefficient (Wildman–Crippen LogP) is 3.45. The summed E-state index contributed by atoms with van der Waals surface area (Å²) in [6.45, 7) is 3.91. The molecule has 1 aliphatic carbocycles. The lowest BCUT2D eigenvalue weighted by atomic mass is 10.0. The fourth-order valence-electron chi connectivity index (χ4n) is 3.07. The Morgan fingerprint density at radius 1 is 0.889 bits per heavy atom. The van der Waals surface area contributed by atoms with Gasteiger partial charge in [-0.15, -0.1) is 0 Å². The molecule has 1 fully saturated rings. The van der Waals surface area contributed by atoms with Crippen LogP contribution >= 0.6 is 0 Å². The van der Waals surface area contributed by atoms with Crippen molar-refractivity contribution in [2.45, 2.75) is 26.7 Å². The first-order valence-electron chi connectivity index (χ1n) is 8.74. The number of amides is 2. The maximum atomic E-state index is 12.7. The van der Waals surface area contributed by atoms with E-state index >= 15 is 0 Å². The van der Waals surface area contributed by atoms with E-state index in [1.807, 2.05) is 32.0 Å². The summed E-state index contributed by atoms with van der Waals surface area (Å²) in [6.07, 6.45) is 0.984. The Labute approximate surface area is 157 Å². The molecular formula is C21H22N2O4. The molecule has 0 atom stereocenters. The molecule has 0 radical (unpaired) electrons. The molecule has 3 rings (SSSR count). The van der Waals surface area contributed by atoms with E-state index in [1.54, 1.807) is 18.2 Å². The highest BCUT2D eigenvalue weighted by molar-refractivity contribution is 6.17. The minimum Gasteiger partial charge on any atom is -0.465 e. The van der Waals surface area contributed by atoms with Gasteiger partial charge >= 0.3 is 5.97 Å². The van der Waals surface area contributed by atoms with Crippen molar-refractivity contribution in [2.24, 2.45) is 5.41 Å². The van der Waals surface area contributed by atoms with Gasteiger partial charge in [0.05, 0.1) is 12.7 Å². The molecule has 0 unspecified atom stereocenters. The molecule has 1 aliphatic rings. The van der Waals surface area contributed by atoms with Gasteiger partial charge in [-0.1, -0.05) is 12.1 Å². The van der Waals surface area contributed by atoms with E-state index in [9.17, 15) is 14.4 Å². The fraction of sp³-hybridized carbons (Fsp3) is 0.286. The van der Waals surface area contributed by atoms with Crippen molar-refractivity contribution in [3.63, 3.8) is 0 Å². The van der Waals surface area contributed by atoms with E-state index in [1.165, 1.54) is 13.2 Å². The van der Waals surface area contributed by atoms with Crippen molar-refractivity contribution in [3.05, 3.63) is 59.2 Å². The van der Waals surface area contributed by atoms with E-state index in [2.05, 4.69) is 15.4 Å². The molecule has 0 bridgehead atoms. The Kier molecular flexibility index (Phi) is 4.99. The summed E-state index contributed by atoms with van der Waals surface area (Å²) in [4.78, 5) is 37.1. The summed E-state index contributed by atoms with van der Waals surface area (Å²) in [7, 11) is 1.30. The molecule has 2 aromatic rings. The molecule has 2 N–H and O–H groups in total. The van der Waals surface area contributed by atoms with Gasteiger partial charge in [-0.2, -0.15) is 0 Å². The number of aryl methyl sites for hydroxylation is 2. The van der Waals surface area contributed by atoms with Crippen LogP contribution in [-0.4, -0.2) is 24.9 Å². The van der Waals surface area contributed by atoms with Gasteiger partial charge in [0.2, 0.25) is 11.8 Å². The maximum absolute atomic E-state index is 12.7. The number of methoxy groups -OCH3 is 1. The van der Waals surface area contributed by atoms with Gasteiger partial charge in [0.15, 0.2) is 0 Å². The highest BCUT2D eigenvalue weighted by Crippen LogP contribution is 2.47. The molecular weight excluding hydrogens is 344 g/mol. The lowest BCUT2D eigenvalue weighted by molar-refractivity contribution is -0.131. The number of carbonyl (C=O) groups excluding carboxylic acids is 3. The third-order valence-electron chi connectivity index (χ3n) is 4.64. The Bertz CT molecular complexity index is 896. The molecule has 0 aromatic heterocycles. The zero-order chi connectivity index (χ0) is 19.6. The van der Waals surface area contributed by atoms with Crippen molar-refractivity contribution >= 4 is 29.2 Å². The van der Waals surface area contributed by atoms with Gasteiger partial charge in [-0.05, 0) is 68.1 Å². The molecule has 6 nitrogen and oxygen atoms in total. The first-order valence-corrected chi connectivity index (χ1v) is 8.74. The number of ether oxygens (including phenoxy) is 1. The summed E-state index contributed by atoms with van der Waals surface area (Å²) < 4.78 is 4.68. The summed E-state index contributed by atoms with van der Waals surface area (Å²) in [5.41, 5.74) is 2.48. The van der Waals surface area contributed by atoms with Crippen LogP contribution in [0.1, 0.15) is 34.3 Å². The summed E-state index contributed by atoms with van der Waals surface area (Å²) >= 11 is 0. The molecule has 0 spiro atoms. The van der Waals surface area contributed by atoms with E-state index in [0.717, 1.165) is 11.1 Å². The van der Waals surface area contributed by atoms with Crippen LogP contribution in [0, 0.1) is 19.3 Å². The molecule has 140 valence electrons. The van der Waals surface area contributed by atoms with Crippen LogP contribution in [0.2, 0.25) is 0 Å². The molecule has 6 heteroatoms. The van der Waals surface area contributed by atoms with Crippen LogP contribution < -0.4 is 10.6 Å². The summed E-state index contributed by atoms with van der Waals surface area (Å²) in [5.74, 6) is -1.17. The predicted molar refractivity (Wildman–Crippen MR) is 103 cm³/mol. The number of rotatable bonds is 5. The highest BCUT2D eigenvalue weighted by atomic mass is 16.5. The number of hydrogen-bond acceptors (Lipinski definition) is 4. The van der Waals surface area contributed by atoms with Crippen molar-refractivity contribution in [3.8, 4) is 0 Å². The van der Waals surface area contributed by atoms with Crippen LogP contribution in [0.25, 0.3) is 0 Å². The Balaban J connectivity index is 1.72. The molecule has 0 saturated heterocycles.